The Balaban J connectivity index is 2.24. The lowest BCUT2D eigenvalue weighted by atomic mass is 9.95. The maximum Gasteiger partial charge on any atom is 0.419 e. The van der Waals surface area contributed by atoms with Crippen molar-refractivity contribution in [3.05, 3.63) is 53.8 Å². The normalized spacial score (nSPS) is 11.7. The number of hydrogen-bond donors (Lipinski definition) is 0. The van der Waals surface area contributed by atoms with Gasteiger partial charge in [0.2, 0.25) is 0 Å². The minimum absolute atomic E-state index is 0.264. The minimum Gasteiger partial charge on any atom is -0.443 e. The first-order valence-corrected chi connectivity index (χ1v) is 8.28. The van der Waals surface area contributed by atoms with E-state index in [4.69, 9.17) is 4.74 Å². The predicted octanol–water partition coefficient (Wildman–Crippen LogP) is 3.80. The van der Waals surface area contributed by atoms with Crippen molar-refractivity contribution in [2.75, 3.05) is 0 Å². The smallest absolute Gasteiger partial charge is 0.419 e. The molecule has 0 fully saturated rings. The first-order valence-electron chi connectivity index (χ1n) is 8.28. The second kappa shape index (κ2) is 6.06. The molecule has 0 aliphatic carbocycles. The van der Waals surface area contributed by atoms with E-state index in [2.05, 4.69) is 0 Å². The summed E-state index contributed by atoms with van der Waals surface area (Å²) in [5, 5.41) is 0.947. The van der Waals surface area contributed by atoms with Gasteiger partial charge in [-0.1, -0.05) is 17.6 Å². The van der Waals surface area contributed by atoms with Crippen LogP contribution in [0.25, 0.3) is 22.2 Å². The molecule has 25 heavy (non-hydrogen) atoms. The van der Waals surface area contributed by atoms with E-state index in [0.717, 1.165) is 21.9 Å². The van der Waals surface area contributed by atoms with Crippen molar-refractivity contribution < 1.29 is 13.9 Å². The molecule has 0 unspecified atom stereocenters. The molecule has 0 amide bonds. The first-order chi connectivity index (χ1) is 11.7. The van der Waals surface area contributed by atoms with Gasteiger partial charge in [-0.05, 0) is 69.2 Å². The topological polar surface area (TPSA) is 31.2 Å². The average molecular weight is 337 g/mol. The number of hydrogen-bond acceptors (Lipinski definition) is 2. The van der Waals surface area contributed by atoms with E-state index in [1.807, 2.05) is 52.9 Å². The quantitative estimate of drug-likeness (QED) is 0.633. The Morgan fingerprint density at radius 1 is 1.12 bits per heavy atom. The van der Waals surface area contributed by atoms with Gasteiger partial charge >= 0.3 is 6.09 Å². The maximum atomic E-state index is 13.7. The highest BCUT2D eigenvalue weighted by molar-refractivity contribution is 6.33. The summed E-state index contributed by atoms with van der Waals surface area (Å²) in [5.41, 5.74) is 3.28. The number of aromatic nitrogens is 1. The molecule has 0 saturated heterocycles. The average Bonchev–Trinajstić information content (AvgIpc) is 2.86. The van der Waals surface area contributed by atoms with Gasteiger partial charge in [-0.25, -0.2) is 13.8 Å². The molecule has 5 heteroatoms. The van der Waals surface area contributed by atoms with E-state index in [1.54, 1.807) is 23.6 Å². The van der Waals surface area contributed by atoms with Crippen molar-refractivity contribution in [3.8, 4) is 11.3 Å². The van der Waals surface area contributed by atoms with Gasteiger partial charge in [0.05, 0.1) is 11.2 Å². The SMILES string of the molecule is Bc1ccc2c(c1)cc(-c1ccc(F)c(C)c1)n2C(=O)OC(C)(C)C. The summed E-state index contributed by atoms with van der Waals surface area (Å²) in [5.74, 6) is -0.264. The molecule has 3 nitrogen and oxygen atoms in total. The highest BCUT2D eigenvalue weighted by Crippen LogP contribution is 2.30. The summed E-state index contributed by atoms with van der Waals surface area (Å²) >= 11 is 0. The van der Waals surface area contributed by atoms with E-state index in [0.29, 0.717) is 11.3 Å². The molecule has 3 rings (SSSR count). The van der Waals surface area contributed by atoms with Gasteiger partial charge in [-0.3, -0.25) is 0 Å². The van der Waals surface area contributed by atoms with Crippen molar-refractivity contribution in [1.29, 1.82) is 0 Å². The Hall–Kier alpha value is -2.56. The van der Waals surface area contributed by atoms with E-state index in [9.17, 15) is 9.18 Å². The fourth-order valence-corrected chi connectivity index (χ4v) is 2.86. The van der Waals surface area contributed by atoms with Crippen LogP contribution >= 0.6 is 0 Å². The first kappa shape index (κ1) is 17.3. The van der Waals surface area contributed by atoms with Gasteiger partial charge in [0.1, 0.15) is 19.3 Å². The molecule has 0 radical (unpaired) electrons. The second-order valence-corrected chi connectivity index (χ2v) is 7.37. The molecular formula is C20H21BFNO2. The Morgan fingerprint density at radius 2 is 1.84 bits per heavy atom. The predicted molar refractivity (Wildman–Crippen MR) is 102 cm³/mol. The number of benzene rings is 2. The lowest BCUT2D eigenvalue weighted by Crippen LogP contribution is -2.27. The summed E-state index contributed by atoms with van der Waals surface area (Å²) in [6, 6.07) is 12.7. The summed E-state index contributed by atoms with van der Waals surface area (Å²) < 4.78 is 20.8. The van der Waals surface area contributed by atoms with Gasteiger partial charge in [-0.2, -0.15) is 0 Å². The van der Waals surface area contributed by atoms with Crippen molar-refractivity contribution in [2.24, 2.45) is 0 Å². The number of carbonyl (C=O) groups is 1. The largest absolute Gasteiger partial charge is 0.443 e. The number of halogens is 1. The molecule has 1 aromatic heterocycles. The van der Waals surface area contributed by atoms with Crippen molar-refractivity contribution >= 4 is 30.3 Å². The van der Waals surface area contributed by atoms with Crippen LogP contribution in [0.15, 0.2) is 42.5 Å². The third kappa shape index (κ3) is 3.45. The van der Waals surface area contributed by atoms with Crippen LogP contribution in [0, 0.1) is 12.7 Å². The highest BCUT2D eigenvalue weighted by Gasteiger charge is 2.23. The third-order valence-electron chi connectivity index (χ3n) is 3.99. The van der Waals surface area contributed by atoms with Gasteiger partial charge < -0.3 is 4.74 Å². The van der Waals surface area contributed by atoms with Crippen LogP contribution in [0.5, 0.6) is 0 Å². The van der Waals surface area contributed by atoms with Crippen LogP contribution in [0.3, 0.4) is 0 Å². The van der Waals surface area contributed by atoms with E-state index >= 15 is 0 Å². The second-order valence-electron chi connectivity index (χ2n) is 7.37. The zero-order valence-electron chi connectivity index (χ0n) is 15.2. The summed E-state index contributed by atoms with van der Waals surface area (Å²) in [7, 11) is 2.01. The number of aryl methyl sites for hydroxylation is 1. The highest BCUT2D eigenvalue weighted by atomic mass is 19.1. The molecule has 1 heterocycles. The zero-order chi connectivity index (χ0) is 18.4. The Kier molecular flexibility index (Phi) is 4.19. The molecule has 0 aliphatic heterocycles. The Bertz CT molecular complexity index is 970. The molecule has 128 valence electrons. The van der Waals surface area contributed by atoms with Crippen molar-refractivity contribution in [3.63, 3.8) is 0 Å². The minimum atomic E-state index is -0.603. The number of rotatable bonds is 1. The summed E-state index contributed by atoms with van der Waals surface area (Å²) in [6.07, 6.45) is -0.441. The van der Waals surface area contributed by atoms with E-state index in [-0.39, 0.29) is 5.82 Å². The Morgan fingerprint density at radius 3 is 2.48 bits per heavy atom. The van der Waals surface area contributed by atoms with Crippen molar-refractivity contribution in [1.82, 2.24) is 4.57 Å². The lowest BCUT2D eigenvalue weighted by molar-refractivity contribution is 0.0547. The van der Waals surface area contributed by atoms with Crippen LogP contribution < -0.4 is 5.46 Å². The number of fused-ring (bicyclic) bond motifs is 1. The van der Waals surface area contributed by atoms with Crippen LogP contribution in [0.2, 0.25) is 0 Å². The molecule has 0 saturated carbocycles. The fourth-order valence-electron chi connectivity index (χ4n) is 2.86. The maximum absolute atomic E-state index is 13.7. The van der Waals surface area contributed by atoms with Crippen molar-refractivity contribution in [2.45, 2.75) is 33.3 Å². The summed E-state index contributed by atoms with van der Waals surface area (Å²) in [4.78, 5) is 12.8. The van der Waals surface area contributed by atoms with Gasteiger partial charge in [-0.15, -0.1) is 0 Å². The molecule has 0 atom stereocenters. The van der Waals surface area contributed by atoms with E-state index < -0.39 is 11.7 Å². The number of nitrogens with zero attached hydrogens (tertiary/aromatic N) is 1. The van der Waals surface area contributed by atoms with Gasteiger partial charge in [0, 0.05) is 5.39 Å². The van der Waals surface area contributed by atoms with Crippen LogP contribution in [-0.2, 0) is 4.74 Å². The fraction of sp³-hybridized carbons (Fsp3) is 0.250. The molecule has 0 spiro atoms. The van der Waals surface area contributed by atoms with Crippen LogP contribution in [0.1, 0.15) is 26.3 Å². The molecular weight excluding hydrogens is 316 g/mol. The monoisotopic (exact) mass is 337 g/mol. The third-order valence-corrected chi connectivity index (χ3v) is 3.99. The Labute approximate surface area is 147 Å². The zero-order valence-corrected chi connectivity index (χ0v) is 15.2. The molecule has 0 N–H and O–H groups in total. The van der Waals surface area contributed by atoms with Crippen LogP contribution in [0.4, 0.5) is 9.18 Å². The van der Waals surface area contributed by atoms with Gasteiger partial charge in [0.25, 0.3) is 0 Å². The standard InChI is InChI=1S/C20H21BFNO2/c1-12-9-13(5-7-16(12)22)18-11-14-10-15(21)6-8-17(14)23(18)19(24)25-20(2,3)4/h5-11H,21H2,1-4H3. The summed E-state index contributed by atoms with van der Waals surface area (Å²) in [6.45, 7) is 7.22. The number of carbonyl (C=O) groups excluding carboxylic acids is 1. The lowest BCUT2D eigenvalue weighted by Gasteiger charge is -2.21. The van der Waals surface area contributed by atoms with Crippen LogP contribution in [-0.4, -0.2) is 24.1 Å². The molecule has 0 aliphatic rings. The number of ether oxygens (including phenoxy) is 1. The molecule has 3 aromatic rings. The van der Waals surface area contributed by atoms with E-state index in [1.165, 1.54) is 6.07 Å². The molecule has 2 aromatic carbocycles. The van der Waals surface area contributed by atoms with Gasteiger partial charge in [0.15, 0.2) is 0 Å². The molecule has 0 bridgehead atoms.